The summed E-state index contributed by atoms with van der Waals surface area (Å²) in [6, 6.07) is 13.0. The molecule has 4 rings (SSSR count). The first-order chi connectivity index (χ1) is 15.3. The Labute approximate surface area is 188 Å². The molecule has 0 atom stereocenters. The number of carbonyl (C=O) groups is 1. The van der Waals surface area contributed by atoms with Gasteiger partial charge in [-0.2, -0.15) is 0 Å². The van der Waals surface area contributed by atoms with Crippen molar-refractivity contribution in [2.24, 2.45) is 0 Å². The van der Waals surface area contributed by atoms with Crippen LogP contribution in [0.5, 0.6) is 0 Å². The number of carbonyl (C=O) groups excluding carboxylic acids is 1. The van der Waals surface area contributed by atoms with E-state index in [0.717, 1.165) is 36.2 Å². The number of para-hydroxylation sites is 2. The van der Waals surface area contributed by atoms with Crippen LogP contribution in [0.15, 0.2) is 42.5 Å². The van der Waals surface area contributed by atoms with Gasteiger partial charge in [-0.15, -0.1) is 0 Å². The highest BCUT2D eigenvalue weighted by molar-refractivity contribution is 7.92. The Morgan fingerprint density at radius 2 is 1.91 bits per heavy atom. The minimum absolute atomic E-state index is 0.259. The Kier molecular flexibility index (Phi) is 6.21. The van der Waals surface area contributed by atoms with E-state index in [2.05, 4.69) is 29.0 Å². The number of hydrogen-bond acceptors (Lipinski definition) is 5. The molecule has 1 amide bonds. The summed E-state index contributed by atoms with van der Waals surface area (Å²) >= 11 is 0. The molecule has 8 nitrogen and oxygen atoms in total. The van der Waals surface area contributed by atoms with Crippen molar-refractivity contribution in [2.75, 3.05) is 42.1 Å². The van der Waals surface area contributed by atoms with Crippen LogP contribution in [0.2, 0.25) is 0 Å². The lowest BCUT2D eigenvalue weighted by atomic mass is 10.1. The molecule has 0 aliphatic carbocycles. The predicted molar refractivity (Wildman–Crippen MR) is 128 cm³/mol. The lowest BCUT2D eigenvalue weighted by Gasteiger charge is -2.19. The molecule has 0 saturated heterocycles. The quantitative estimate of drug-likeness (QED) is 0.564. The number of amides is 1. The van der Waals surface area contributed by atoms with Crippen LogP contribution in [0.1, 0.15) is 29.8 Å². The minimum atomic E-state index is -3.32. The average molecular weight is 456 g/mol. The Bertz CT molecular complexity index is 1250. The van der Waals surface area contributed by atoms with Gasteiger partial charge in [0.25, 0.3) is 5.91 Å². The van der Waals surface area contributed by atoms with Crippen LogP contribution in [0.4, 0.5) is 11.6 Å². The third-order valence-corrected chi connectivity index (χ3v) is 7.19. The number of anilines is 2. The van der Waals surface area contributed by atoms with Crippen molar-refractivity contribution < 1.29 is 13.2 Å². The number of rotatable bonds is 8. The van der Waals surface area contributed by atoms with Gasteiger partial charge in [-0.1, -0.05) is 26.0 Å². The lowest BCUT2D eigenvalue weighted by Crippen LogP contribution is -2.28. The summed E-state index contributed by atoms with van der Waals surface area (Å²) in [6.07, 6.45) is 1.79. The standard InChI is InChI=1S/C23H29N5O3S/c1-4-26(5-2)14-15-27-21-9-7-6-8-19(21)24-23(27)25-22(29)18-10-11-20-17(16-18)12-13-28(20)32(3,30)31/h6-11,16H,4-5,12-15H2,1-3H3,(H,24,25,29). The fourth-order valence-electron chi connectivity index (χ4n) is 4.21. The monoisotopic (exact) mass is 455 g/mol. The van der Waals surface area contributed by atoms with Crippen molar-refractivity contribution in [3.63, 3.8) is 0 Å². The van der Waals surface area contributed by atoms with Crippen molar-refractivity contribution in [3.05, 3.63) is 53.6 Å². The van der Waals surface area contributed by atoms with E-state index in [1.807, 2.05) is 28.8 Å². The Morgan fingerprint density at radius 3 is 2.62 bits per heavy atom. The Hall–Kier alpha value is -2.91. The van der Waals surface area contributed by atoms with E-state index < -0.39 is 10.0 Å². The first-order valence-electron chi connectivity index (χ1n) is 10.9. The molecule has 0 saturated carbocycles. The highest BCUT2D eigenvalue weighted by Gasteiger charge is 2.27. The second-order valence-corrected chi connectivity index (χ2v) is 9.89. The van der Waals surface area contributed by atoms with Gasteiger partial charge >= 0.3 is 0 Å². The van der Waals surface area contributed by atoms with Gasteiger partial charge in [-0.25, -0.2) is 13.4 Å². The zero-order valence-electron chi connectivity index (χ0n) is 18.7. The number of sulfonamides is 1. The zero-order chi connectivity index (χ0) is 22.9. The maximum atomic E-state index is 13.1. The highest BCUT2D eigenvalue weighted by atomic mass is 32.2. The predicted octanol–water partition coefficient (Wildman–Crippen LogP) is 2.95. The van der Waals surface area contributed by atoms with Gasteiger partial charge in [0, 0.05) is 25.2 Å². The summed E-state index contributed by atoms with van der Waals surface area (Å²) in [5.74, 6) is 0.256. The second kappa shape index (κ2) is 8.91. The molecule has 0 unspecified atom stereocenters. The molecule has 170 valence electrons. The van der Waals surface area contributed by atoms with E-state index in [1.165, 1.54) is 10.6 Å². The molecule has 0 spiro atoms. The topological polar surface area (TPSA) is 87.5 Å². The van der Waals surface area contributed by atoms with Gasteiger partial charge in [0.05, 0.1) is 23.0 Å². The molecular formula is C23H29N5O3S. The fourth-order valence-corrected chi connectivity index (χ4v) is 5.17. The molecule has 0 fully saturated rings. The van der Waals surface area contributed by atoms with E-state index in [4.69, 9.17) is 0 Å². The minimum Gasteiger partial charge on any atom is -0.309 e. The summed E-state index contributed by atoms with van der Waals surface area (Å²) in [4.78, 5) is 20.0. The zero-order valence-corrected chi connectivity index (χ0v) is 19.5. The normalized spacial score (nSPS) is 13.7. The maximum absolute atomic E-state index is 13.1. The number of aromatic nitrogens is 2. The average Bonchev–Trinajstić information content (AvgIpc) is 3.35. The molecule has 1 N–H and O–H groups in total. The highest BCUT2D eigenvalue weighted by Crippen LogP contribution is 2.31. The van der Waals surface area contributed by atoms with E-state index in [-0.39, 0.29) is 5.91 Å². The molecule has 0 bridgehead atoms. The number of nitrogens with one attached hydrogen (secondary N) is 1. The van der Waals surface area contributed by atoms with Gasteiger partial charge in [0.2, 0.25) is 16.0 Å². The molecule has 9 heteroatoms. The van der Waals surface area contributed by atoms with Crippen LogP contribution >= 0.6 is 0 Å². The number of hydrogen-bond donors (Lipinski definition) is 1. The number of imidazole rings is 1. The first-order valence-corrected chi connectivity index (χ1v) is 12.8. The van der Waals surface area contributed by atoms with E-state index in [1.54, 1.807) is 18.2 Å². The summed E-state index contributed by atoms with van der Waals surface area (Å²) in [6.45, 7) is 8.17. The molecule has 1 aromatic heterocycles. The number of likely N-dealkylation sites (N-methyl/N-ethyl adjacent to an activating group) is 1. The molecule has 0 radical (unpaired) electrons. The van der Waals surface area contributed by atoms with Gasteiger partial charge in [-0.3, -0.25) is 14.4 Å². The maximum Gasteiger partial charge on any atom is 0.257 e. The Balaban J connectivity index is 1.60. The molecule has 2 aromatic carbocycles. The van der Waals surface area contributed by atoms with Gasteiger partial charge in [0.15, 0.2) is 0 Å². The van der Waals surface area contributed by atoms with Crippen LogP contribution in [0, 0.1) is 0 Å². The number of fused-ring (bicyclic) bond motifs is 2. The third-order valence-electron chi connectivity index (χ3n) is 6.01. The van der Waals surface area contributed by atoms with Crippen molar-refractivity contribution in [1.29, 1.82) is 0 Å². The first kappa shape index (κ1) is 22.3. The largest absolute Gasteiger partial charge is 0.309 e. The van der Waals surface area contributed by atoms with Crippen LogP contribution in [-0.2, 0) is 23.0 Å². The van der Waals surface area contributed by atoms with Gasteiger partial charge in [-0.05, 0) is 55.4 Å². The van der Waals surface area contributed by atoms with E-state index in [0.29, 0.717) is 36.7 Å². The van der Waals surface area contributed by atoms with E-state index in [9.17, 15) is 13.2 Å². The van der Waals surface area contributed by atoms with Crippen LogP contribution in [-0.4, -0.2) is 61.2 Å². The molecule has 3 aromatic rings. The molecular weight excluding hydrogens is 426 g/mol. The van der Waals surface area contributed by atoms with Crippen LogP contribution < -0.4 is 9.62 Å². The van der Waals surface area contributed by atoms with Crippen LogP contribution in [0.3, 0.4) is 0 Å². The van der Waals surface area contributed by atoms with E-state index >= 15 is 0 Å². The third kappa shape index (κ3) is 4.35. The summed E-state index contributed by atoms with van der Waals surface area (Å²) in [5.41, 5.74) is 3.81. The van der Waals surface area contributed by atoms with Gasteiger partial charge in [0.1, 0.15) is 0 Å². The summed E-state index contributed by atoms with van der Waals surface area (Å²) in [7, 11) is -3.32. The molecule has 2 heterocycles. The number of nitrogens with zero attached hydrogens (tertiary/aromatic N) is 4. The smallest absolute Gasteiger partial charge is 0.257 e. The Morgan fingerprint density at radius 1 is 1.16 bits per heavy atom. The summed E-state index contributed by atoms with van der Waals surface area (Å²) < 4.78 is 27.4. The molecule has 1 aliphatic rings. The van der Waals surface area contributed by atoms with Crippen molar-refractivity contribution in [1.82, 2.24) is 14.5 Å². The van der Waals surface area contributed by atoms with Crippen LogP contribution in [0.25, 0.3) is 11.0 Å². The second-order valence-electron chi connectivity index (χ2n) is 7.99. The fraction of sp³-hybridized carbons (Fsp3) is 0.391. The van der Waals surface area contributed by atoms with Gasteiger partial charge < -0.3 is 9.47 Å². The van der Waals surface area contributed by atoms with Crippen molar-refractivity contribution in [3.8, 4) is 0 Å². The lowest BCUT2D eigenvalue weighted by molar-refractivity contribution is 0.102. The molecule has 1 aliphatic heterocycles. The summed E-state index contributed by atoms with van der Waals surface area (Å²) in [5, 5.41) is 2.97. The SMILES string of the molecule is CCN(CC)CCn1c(NC(=O)c2ccc3c(c2)CCN3S(C)(=O)=O)nc2ccccc21. The van der Waals surface area contributed by atoms with Crippen molar-refractivity contribution >= 4 is 38.6 Å². The molecule has 32 heavy (non-hydrogen) atoms. The van der Waals surface area contributed by atoms with Crippen molar-refractivity contribution in [2.45, 2.75) is 26.8 Å². The number of benzene rings is 2.